The van der Waals surface area contributed by atoms with Gasteiger partial charge in [-0.2, -0.15) is 0 Å². The Morgan fingerprint density at radius 2 is 1.84 bits per heavy atom. The average Bonchev–Trinajstić information content (AvgIpc) is 2.47. The van der Waals surface area contributed by atoms with E-state index in [4.69, 9.17) is 0 Å². The molecule has 2 aliphatic rings. The van der Waals surface area contributed by atoms with Gasteiger partial charge in [0.1, 0.15) is 0 Å². The van der Waals surface area contributed by atoms with Crippen LogP contribution in [0.4, 0.5) is 0 Å². The highest BCUT2D eigenvalue weighted by Crippen LogP contribution is 2.38. The van der Waals surface area contributed by atoms with E-state index in [9.17, 15) is 0 Å². The van der Waals surface area contributed by atoms with Crippen LogP contribution in [0.1, 0.15) is 71.6 Å². The molecule has 0 saturated heterocycles. The molecule has 1 aliphatic carbocycles. The molecule has 2 rings (SSSR count). The van der Waals surface area contributed by atoms with E-state index < -0.39 is 0 Å². The molecule has 2 atom stereocenters. The molecule has 2 unspecified atom stereocenters. The Hall–Kier alpha value is -0.110. The molecule has 0 spiro atoms. The molecule has 0 fully saturated rings. The van der Waals surface area contributed by atoms with Crippen molar-refractivity contribution in [1.82, 2.24) is 5.32 Å². The van der Waals surface area contributed by atoms with Gasteiger partial charge >= 0.3 is 0 Å². The molecule has 2 heteroatoms. The van der Waals surface area contributed by atoms with E-state index >= 15 is 0 Å². The molecular formula is C17H31NS. The summed E-state index contributed by atoms with van der Waals surface area (Å²) in [6, 6.07) is 0. The summed E-state index contributed by atoms with van der Waals surface area (Å²) in [6.45, 7) is 5.97. The molecule has 0 aromatic carbocycles. The van der Waals surface area contributed by atoms with Crippen LogP contribution in [-0.4, -0.2) is 12.3 Å². The maximum atomic E-state index is 3.78. The van der Waals surface area contributed by atoms with Gasteiger partial charge in [-0.1, -0.05) is 52.4 Å². The lowest BCUT2D eigenvalue weighted by Crippen LogP contribution is -2.29. The van der Waals surface area contributed by atoms with Crippen molar-refractivity contribution in [2.75, 3.05) is 12.3 Å². The number of nitrogens with one attached hydrogen (secondary N) is 1. The number of hydrogen-bond donors (Lipinski definition) is 1. The lowest BCUT2D eigenvalue weighted by molar-refractivity contribution is 0.449. The van der Waals surface area contributed by atoms with Crippen molar-refractivity contribution in [2.45, 2.75) is 71.6 Å². The van der Waals surface area contributed by atoms with Gasteiger partial charge in [-0.3, -0.25) is 0 Å². The monoisotopic (exact) mass is 281 g/mol. The highest BCUT2D eigenvalue weighted by Gasteiger charge is 2.24. The van der Waals surface area contributed by atoms with E-state index in [0.717, 1.165) is 11.8 Å². The van der Waals surface area contributed by atoms with Gasteiger partial charge < -0.3 is 5.32 Å². The van der Waals surface area contributed by atoms with Crippen molar-refractivity contribution in [2.24, 2.45) is 11.8 Å². The van der Waals surface area contributed by atoms with E-state index in [2.05, 4.69) is 30.9 Å². The van der Waals surface area contributed by atoms with Gasteiger partial charge in [0.05, 0.1) is 0 Å². The van der Waals surface area contributed by atoms with Gasteiger partial charge in [0.15, 0.2) is 0 Å². The van der Waals surface area contributed by atoms with Crippen molar-refractivity contribution < 1.29 is 0 Å². The molecule has 1 aliphatic heterocycles. The normalized spacial score (nSPS) is 30.2. The number of thioether (sulfide) groups is 1. The highest BCUT2D eigenvalue weighted by atomic mass is 32.2. The zero-order valence-corrected chi connectivity index (χ0v) is 13.7. The van der Waals surface area contributed by atoms with Gasteiger partial charge in [-0.05, 0) is 31.1 Å². The Labute approximate surface area is 124 Å². The summed E-state index contributed by atoms with van der Waals surface area (Å²) in [6.07, 6.45) is 12.7. The third-order valence-corrected chi connectivity index (χ3v) is 5.96. The topological polar surface area (TPSA) is 12.0 Å². The molecule has 0 amide bonds. The predicted octanol–water partition coefficient (Wildman–Crippen LogP) is 5.33. The molecule has 0 aromatic heterocycles. The molecule has 0 saturated carbocycles. The maximum absolute atomic E-state index is 3.78. The Bertz CT molecular complexity index is 298. The van der Waals surface area contributed by atoms with Crippen molar-refractivity contribution >= 4 is 11.8 Å². The lowest BCUT2D eigenvalue weighted by Gasteiger charge is -2.31. The predicted molar refractivity (Wildman–Crippen MR) is 87.4 cm³/mol. The van der Waals surface area contributed by atoms with Crippen molar-refractivity contribution in [1.29, 1.82) is 0 Å². The second kappa shape index (κ2) is 8.24. The SMILES string of the molecule is CCCC1CCCCCCCC(C)C2=C1NCCS2. The molecule has 1 nitrogen and oxygen atoms in total. The summed E-state index contributed by atoms with van der Waals surface area (Å²) in [4.78, 5) is 1.71. The number of hydrogen-bond acceptors (Lipinski definition) is 2. The van der Waals surface area contributed by atoms with Crippen LogP contribution in [0.25, 0.3) is 0 Å². The molecule has 0 radical (unpaired) electrons. The summed E-state index contributed by atoms with van der Waals surface area (Å²) in [7, 11) is 0. The van der Waals surface area contributed by atoms with Crippen LogP contribution in [0.2, 0.25) is 0 Å². The fourth-order valence-electron chi connectivity index (χ4n) is 3.55. The molecule has 0 aromatic rings. The van der Waals surface area contributed by atoms with Crippen molar-refractivity contribution in [3.8, 4) is 0 Å². The van der Waals surface area contributed by atoms with E-state index in [-0.39, 0.29) is 0 Å². The number of rotatable bonds is 2. The van der Waals surface area contributed by atoms with E-state index in [0.29, 0.717) is 0 Å². The summed E-state index contributed by atoms with van der Waals surface area (Å²) < 4.78 is 0. The van der Waals surface area contributed by atoms with Crippen LogP contribution in [-0.2, 0) is 0 Å². The number of allylic oxidation sites excluding steroid dienone is 2. The van der Waals surface area contributed by atoms with Crippen LogP contribution in [0.5, 0.6) is 0 Å². The van der Waals surface area contributed by atoms with Gasteiger partial charge in [-0.15, -0.1) is 11.8 Å². The second-order valence-electron chi connectivity index (χ2n) is 6.28. The molecule has 19 heavy (non-hydrogen) atoms. The maximum Gasteiger partial charge on any atom is 0.0238 e. The summed E-state index contributed by atoms with van der Waals surface area (Å²) in [5.41, 5.74) is 1.65. The van der Waals surface area contributed by atoms with E-state index in [1.165, 1.54) is 70.1 Å². The Morgan fingerprint density at radius 1 is 1.11 bits per heavy atom. The Kier molecular flexibility index (Phi) is 6.63. The molecular weight excluding hydrogens is 250 g/mol. The summed E-state index contributed by atoms with van der Waals surface area (Å²) in [5, 5.41) is 3.78. The first kappa shape index (κ1) is 15.3. The molecule has 1 N–H and O–H groups in total. The first-order chi connectivity index (χ1) is 9.33. The molecule has 110 valence electrons. The molecule has 1 heterocycles. The van der Waals surface area contributed by atoms with E-state index in [1.54, 1.807) is 10.6 Å². The smallest absolute Gasteiger partial charge is 0.0238 e. The lowest BCUT2D eigenvalue weighted by atomic mass is 9.91. The van der Waals surface area contributed by atoms with Gasteiger partial charge in [0.25, 0.3) is 0 Å². The third-order valence-electron chi connectivity index (χ3n) is 4.62. The fourth-order valence-corrected chi connectivity index (χ4v) is 4.77. The Balaban J connectivity index is 2.18. The van der Waals surface area contributed by atoms with Gasteiger partial charge in [0, 0.05) is 22.9 Å². The Morgan fingerprint density at radius 3 is 2.63 bits per heavy atom. The largest absolute Gasteiger partial charge is 0.387 e. The summed E-state index contributed by atoms with van der Waals surface area (Å²) >= 11 is 2.15. The summed E-state index contributed by atoms with van der Waals surface area (Å²) in [5.74, 6) is 2.86. The average molecular weight is 282 g/mol. The zero-order chi connectivity index (χ0) is 13.5. The van der Waals surface area contributed by atoms with Crippen LogP contribution < -0.4 is 5.32 Å². The molecule has 0 bridgehead atoms. The minimum absolute atomic E-state index is 0.783. The van der Waals surface area contributed by atoms with Crippen LogP contribution in [0.3, 0.4) is 0 Å². The minimum Gasteiger partial charge on any atom is -0.387 e. The first-order valence-electron chi connectivity index (χ1n) is 8.43. The minimum atomic E-state index is 0.783. The zero-order valence-electron chi connectivity index (χ0n) is 12.8. The third kappa shape index (κ3) is 4.44. The van der Waals surface area contributed by atoms with Crippen molar-refractivity contribution in [3.63, 3.8) is 0 Å². The fraction of sp³-hybridized carbons (Fsp3) is 0.882. The second-order valence-corrected chi connectivity index (χ2v) is 7.42. The standard InChI is InChI=1S/C17H31NS/c1-3-9-15-11-8-6-4-5-7-10-14(2)17-16(15)18-12-13-19-17/h14-15,18H,3-13H2,1-2H3. The van der Waals surface area contributed by atoms with Gasteiger partial charge in [-0.25, -0.2) is 0 Å². The first-order valence-corrected chi connectivity index (χ1v) is 9.42. The quantitative estimate of drug-likeness (QED) is 0.734. The van der Waals surface area contributed by atoms with Gasteiger partial charge in [0.2, 0.25) is 0 Å². The van der Waals surface area contributed by atoms with E-state index in [1.807, 2.05) is 0 Å². The van der Waals surface area contributed by atoms with Crippen LogP contribution in [0, 0.1) is 11.8 Å². The highest BCUT2D eigenvalue weighted by molar-refractivity contribution is 8.03. The van der Waals surface area contributed by atoms with Crippen molar-refractivity contribution in [3.05, 3.63) is 10.6 Å². The van der Waals surface area contributed by atoms with Crippen LogP contribution in [0.15, 0.2) is 10.6 Å². The van der Waals surface area contributed by atoms with Crippen LogP contribution >= 0.6 is 11.8 Å².